The van der Waals surface area contributed by atoms with Crippen molar-refractivity contribution in [3.05, 3.63) is 29.3 Å². The highest BCUT2D eigenvalue weighted by molar-refractivity contribution is 5.48. The third-order valence-electron chi connectivity index (χ3n) is 3.72. The van der Waals surface area contributed by atoms with Gasteiger partial charge in [-0.1, -0.05) is 0 Å². The monoisotopic (exact) mass is 245 g/mol. The van der Waals surface area contributed by atoms with Gasteiger partial charge in [-0.25, -0.2) is 0 Å². The summed E-state index contributed by atoms with van der Waals surface area (Å²) in [5.41, 5.74) is 4.88. The summed E-state index contributed by atoms with van der Waals surface area (Å²) in [6.07, 6.45) is 7.55. The van der Waals surface area contributed by atoms with E-state index in [1.807, 2.05) is 42.8 Å². The van der Waals surface area contributed by atoms with E-state index < -0.39 is 0 Å². The van der Waals surface area contributed by atoms with Crippen molar-refractivity contribution in [3.8, 4) is 0 Å². The van der Waals surface area contributed by atoms with Crippen molar-refractivity contribution in [2.24, 2.45) is 14.1 Å². The minimum Gasteiger partial charge on any atom is -0.375 e. The molecule has 0 saturated carbocycles. The minimum absolute atomic E-state index is 0.366. The van der Waals surface area contributed by atoms with Crippen LogP contribution in [0.5, 0.6) is 0 Å². The van der Waals surface area contributed by atoms with E-state index in [9.17, 15) is 0 Å². The third-order valence-corrected chi connectivity index (χ3v) is 3.72. The first kappa shape index (κ1) is 11.3. The summed E-state index contributed by atoms with van der Waals surface area (Å²) in [5, 5.41) is 12.3. The molecule has 0 aromatic carbocycles. The van der Waals surface area contributed by atoms with Crippen LogP contribution in [0.3, 0.4) is 0 Å². The van der Waals surface area contributed by atoms with Gasteiger partial charge in [0.1, 0.15) is 0 Å². The van der Waals surface area contributed by atoms with E-state index in [1.54, 1.807) is 0 Å². The third kappa shape index (κ3) is 1.79. The van der Waals surface area contributed by atoms with Crippen LogP contribution in [-0.4, -0.2) is 19.6 Å². The molecular formula is C13H19N5. The molecule has 0 fully saturated rings. The quantitative estimate of drug-likeness (QED) is 0.879. The van der Waals surface area contributed by atoms with Gasteiger partial charge in [-0.2, -0.15) is 10.2 Å². The molecule has 0 saturated heterocycles. The zero-order chi connectivity index (χ0) is 12.7. The van der Waals surface area contributed by atoms with Crippen LogP contribution in [0.4, 0.5) is 5.69 Å². The molecule has 0 amide bonds. The second-order valence-corrected chi connectivity index (χ2v) is 5.06. The second kappa shape index (κ2) is 4.15. The number of hydrogen-bond acceptors (Lipinski definition) is 3. The first-order valence-electron chi connectivity index (χ1n) is 6.42. The number of hydrogen-bond donors (Lipinski definition) is 1. The zero-order valence-electron chi connectivity index (χ0n) is 11.1. The van der Waals surface area contributed by atoms with Crippen molar-refractivity contribution < 1.29 is 0 Å². The Kier molecular flexibility index (Phi) is 2.61. The highest BCUT2D eigenvalue weighted by Gasteiger charge is 2.23. The number of fused-ring (bicyclic) bond motifs is 1. The maximum absolute atomic E-state index is 4.37. The normalized spacial score (nSPS) is 18.7. The average Bonchev–Trinajstić information content (AvgIpc) is 2.85. The molecule has 0 aliphatic heterocycles. The van der Waals surface area contributed by atoms with Crippen LogP contribution in [0.1, 0.15) is 35.8 Å². The van der Waals surface area contributed by atoms with Gasteiger partial charge in [0, 0.05) is 31.5 Å². The molecule has 0 bridgehead atoms. The molecule has 1 aliphatic carbocycles. The summed E-state index contributed by atoms with van der Waals surface area (Å²) < 4.78 is 3.85. The van der Waals surface area contributed by atoms with Crippen LogP contribution in [0, 0.1) is 6.92 Å². The summed E-state index contributed by atoms with van der Waals surface area (Å²) in [7, 11) is 3.98. The SMILES string of the molecule is Cc1nn(C)cc1NC1CCCc2c1cnn2C. The van der Waals surface area contributed by atoms with Crippen molar-refractivity contribution in [3.63, 3.8) is 0 Å². The Labute approximate surface area is 107 Å². The fourth-order valence-corrected chi connectivity index (χ4v) is 2.79. The first-order valence-corrected chi connectivity index (χ1v) is 6.42. The first-order chi connectivity index (χ1) is 8.65. The van der Waals surface area contributed by atoms with Gasteiger partial charge >= 0.3 is 0 Å². The highest BCUT2D eigenvalue weighted by atomic mass is 15.3. The fraction of sp³-hybridized carbons (Fsp3) is 0.538. The maximum atomic E-state index is 4.37. The van der Waals surface area contributed by atoms with E-state index in [4.69, 9.17) is 0 Å². The van der Waals surface area contributed by atoms with Crippen molar-refractivity contribution >= 4 is 5.69 Å². The number of nitrogens with zero attached hydrogens (tertiary/aromatic N) is 4. The van der Waals surface area contributed by atoms with E-state index in [0.717, 1.165) is 24.2 Å². The largest absolute Gasteiger partial charge is 0.375 e. The smallest absolute Gasteiger partial charge is 0.0825 e. The molecule has 3 rings (SSSR count). The number of rotatable bonds is 2. The van der Waals surface area contributed by atoms with Crippen molar-refractivity contribution in [1.82, 2.24) is 19.6 Å². The lowest BCUT2D eigenvalue weighted by Gasteiger charge is -2.24. The minimum atomic E-state index is 0.366. The van der Waals surface area contributed by atoms with E-state index >= 15 is 0 Å². The molecule has 18 heavy (non-hydrogen) atoms. The summed E-state index contributed by atoms with van der Waals surface area (Å²) in [6, 6.07) is 0.366. The molecule has 96 valence electrons. The molecule has 1 atom stereocenters. The molecule has 1 unspecified atom stereocenters. The standard InChI is InChI=1S/C13H19N5/c1-9-12(8-17(2)16-9)15-11-5-4-6-13-10(11)7-14-18(13)3/h7-8,11,15H,4-6H2,1-3H3. The molecule has 2 aromatic rings. The van der Waals surface area contributed by atoms with Gasteiger partial charge in [0.25, 0.3) is 0 Å². The lowest BCUT2D eigenvalue weighted by molar-refractivity contribution is 0.571. The Morgan fingerprint density at radius 2 is 2.22 bits per heavy atom. The predicted molar refractivity (Wildman–Crippen MR) is 70.5 cm³/mol. The van der Waals surface area contributed by atoms with E-state index in [2.05, 4.69) is 15.5 Å². The van der Waals surface area contributed by atoms with Crippen LogP contribution in [0.15, 0.2) is 12.4 Å². The van der Waals surface area contributed by atoms with Gasteiger partial charge < -0.3 is 5.32 Å². The molecule has 1 aliphatic rings. The van der Waals surface area contributed by atoms with Gasteiger partial charge in [-0.15, -0.1) is 0 Å². The van der Waals surface area contributed by atoms with E-state index in [1.165, 1.54) is 17.7 Å². The summed E-state index contributed by atoms with van der Waals surface area (Å²) >= 11 is 0. The number of aryl methyl sites for hydroxylation is 3. The topological polar surface area (TPSA) is 47.7 Å². The molecule has 0 radical (unpaired) electrons. The highest BCUT2D eigenvalue weighted by Crippen LogP contribution is 2.32. The Morgan fingerprint density at radius 3 is 2.94 bits per heavy atom. The van der Waals surface area contributed by atoms with Gasteiger partial charge in [0.05, 0.1) is 23.6 Å². The Bertz CT molecular complexity index is 566. The van der Waals surface area contributed by atoms with Gasteiger partial charge in [-0.05, 0) is 26.2 Å². The molecular weight excluding hydrogens is 226 g/mol. The Hall–Kier alpha value is -1.78. The molecule has 1 N–H and O–H groups in total. The fourth-order valence-electron chi connectivity index (χ4n) is 2.79. The van der Waals surface area contributed by atoms with Crippen LogP contribution in [0.25, 0.3) is 0 Å². The van der Waals surface area contributed by atoms with Gasteiger partial charge in [0.2, 0.25) is 0 Å². The van der Waals surface area contributed by atoms with Crippen LogP contribution in [0.2, 0.25) is 0 Å². The lowest BCUT2D eigenvalue weighted by Crippen LogP contribution is -2.17. The summed E-state index contributed by atoms with van der Waals surface area (Å²) in [5.74, 6) is 0. The summed E-state index contributed by atoms with van der Waals surface area (Å²) in [4.78, 5) is 0. The lowest BCUT2D eigenvalue weighted by atomic mass is 9.93. The maximum Gasteiger partial charge on any atom is 0.0825 e. The van der Waals surface area contributed by atoms with E-state index in [0.29, 0.717) is 6.04 Å². The summed E-state index contributed by atoms with van der Waals surface area (Å²) in [6.45, 7) is 2.04. The Morgan fingerprint density at radius 1 is 1.39 bits per heavy atom. The number of anilines is 1. The number of aromatic nitrogens is 4. The van der Waals surface area contributed by atoms with Crippen molar-refractivity contribution in [2.75, 3.05) is 5.32 Å². The second-order valence-electron chi connectivity index (χ2n) is 5.06. The van der Waals surface area contributed by atoms with Crippen LogP contribution < -0.4 is 5.32 Å². The molecule has 5 nitrogen and oxygen atoms in total. The van der Waals surface area contributed by atoms with Gasteiger partial charge in [-0.3, -0.25) is 9.36 Å². The molecule has 5 heteroatoms. The average molecular weight is 245 g/mol. The van der Waals surface area contributed by atoms with Gasteiger partial charge in [0.15, 0.2) is 0 Å². The molecule has 0 spiro atoms. The van der Waals surface area contributed by atoms with Crippen molar-refractivity contribution in [1.29, 1.82) is 0 Å². The van der Waals surface area contributed by atoms with Crippen LogP contribution in [-0.2, 0) is 20.5 Å². The zero-order valence-corrected chi connectivity index (χ0v) is 11.1. The molecule has 2 heterocycles. The van der Waals surface area contributed by atoms with Crippen LogP contribution >= 0.6 is 0 Å². The Balaban J connectivity index is 1.88. The van der Waals surface area contributed by atoms with E-state index in [-0.39, 0.29) is 0 Å². The van der Waals surface area contributed by atoms with Crippen molar-refractivity contribution in [2.45, 2.75) is 32.2 Å². The number of nitrogens with one attached hydrogen (secondary N) is 1. The molecule has 2 aromatic heterocycles. The predicted octanol–water partition coefficient (Wildman–Crippen LogP) is 1.95.